The second-order valence-electron chi connectivity index (χ2n) is 8.07. The van der Waals surface area contributed by atoms with Crippen LogP contribution in [0.25, 0.3) is 22.5 Å². The molecule has 4 aromatic rings. The molecule has 3 aromatic heterocycles. The molecule has 1 aliphatic rings. The maximum Gasteiger partial charge on any atom is 0.178 e. The van der Waals surface area contributed by atoms with E-state index in [1.807, 2.05) is 30.5 Å². The van der Waals surface area contributed by atoms with Gasteiger partial charge in [-0.15, -0.1) is 0 Å². The van der Waals surface area contributed by atoms with E-state index in [2.05, 4.69) is 58.1 Å². The van der Waals surface area contributed by atoms with E-state index in [1.54, 1.807) is 18.0 Å². The second-order valence-corrected chi connectivity index (χ2v) is 8.07. The maximum atomic E-state index is 5.30. The molecule has 1 unspecified atom stereocenters. The molecule has 1 saturated heterocycles. The summed E-state index contributed by atoms with van der Waals surface area (Å²) in [6.07, 6.45) is 5.94. The van der Waals surface area contributed by atoms with Crippen LogP contribution in [-0.2, 0) is 4.74 Å². The van der Waals surface area contributed by atoms with E-state index >= 15 is 0 Å². The summed E-state index contributed by atoms with van der Waals surface area (Å²) >= 11 is 0. The Morgan fingerprint density at radius 2 is 2.03 bits per heavy atom. The summed E-state index contributed by atoms with van der Waals surface area (Å²) in [5.74, 6) is 2.41. The third kappa shape index (κ3) is 3.77. The first-order valence-electron chi connectivity index (χ1n) is 10.8. The highest BCUT2D eigenvalue weighted by atomic mass is 16.5. The van der Waals surface area contributed by atoms with Crippen LogP contribution in [0.15, 0.2) is 67.6 Å². The van der Waals surface area contributed by atoms with Gasteiger partial charge in [-0.05, 0) is 49.6 Å². The zero-order chi connectivity index (χ0) is 22.1. The Balaban J connectivity index is 1.52. The van der Waals surface area contributed by atoms with E-state index in [1.165, 1.54) is 12.8 Å². The van der Waals surface area contributed by atoms with Crippen molar-refractivity contribution in [1.29, 1.82) is 0 Å². The van der Waals surface area contributed by atoms with Gasteiger partial charge in [0.1, 0.15) is 23.7 Å². The summed E-state index contributed by atoms with van der Waals surface area (Å²) in [6, 6.07) is 16.8. The van der Waals surface area contributed by atoms with Gasteiger partial charge in [0.2, 0.25) is 0 Å². The van der Waals surface area contributed by atoms with Crippen LogP contribution in [0.2, 0.25) is 0 Å². The molecule has 162 valence electrons. The van der Waals surface area contributed by atoms with Gasteiger partial charge in [-0.1, -0.05) is 30.8 Å². The van der Waals surface area contributed by atoms with Crippen molar-refractivity contribution in [3.8, 4) is 11.1 Å². The van der Waals surface area contributed by atoms with E-state index in [4.69, 9.17) is 9.72 Å². The van der Waals surface area contributed by atoms with E-state index in [0.717, 1.165) is 46.2 Å². The molecular formula is C25H26N6O. The number of rotatable bonds is 6. The molecule has 1 aromatic carbocycles. The molecule has 4 heterocycles. The van der Waals surface area contributed by atoms with Gasteiger partial charge in [0, 0.05) is 29.9 Å². The zero-order valence-electron chi connectivity index (χ0n) is 18.3. The fourth-order valence-corrected chi connectivity index (χ4v) is 4.23. The molecular weight excluding hydrogens is 400 g/mol. The molecule has 0 radical (unpaired) electrons. The highest BCUT2D eigenvalue weighted by Crippen LogP contribution is 2.30. The van der Waals surface area contributed by atoms with Crippen LogP contribution in [0.5, 0.6) is 0 Å². The molecule has 7 nitrogen and oxygen atoms in total. The molecule has 1 N–H and O–H groups in total. The number of fused-ring (bicyclic) bond motifs is 1. The quantitative estimate of drug-likeness (QED) is 0.431. The van der Waals surface area contributed by atoms with Gasteiger partial charge in [0.15, 0.2) is 5.65 Å². The van der Waals surface area contributed by atoms with Gasteiger partial charge >= 0.3 is 0 Å². The number of hydrogen-bond acceptors (Lipinski definition) is 6. The molecule has 32 heavy (non-hydrogen) atoms. The van der Waals surface area contributed by atoms with Gasteiger partial charge in [-0.2, -0.15) is 5.10 Å². The van der Waals surface area contributed by atoms with Crippen LogP contribution in [0.4, 0.5) is 17.3 Å². The summed E-state index contributed by atoms with van der Waals surface area (Å²) in [5.41, 5.74) is 4.56. The Bertz CT molecular complexity index is 1280. The summed E-state index contributed by atoms with van der Waals surface area (Å²) in [4.78, 5) is 11.7. The molecule has 0 aliphatic carbocycles. The van der Waals surface area contributed by atoms with Crippen molar-refractivity contribution in [3.63, 3.8) is 0 Å². The van der Waals surface area contributed by atoms with Gasteiger partial charge in [-0.25, -0.2) is 14.5 Å². The third-order valence-electron chi connectivity index (χ3n) is 5.98. The minimum atomic E-state index is 0.512. The Kier molecular flexibility index (Phi) is 5.23. The molecule has 1 atom stereocenters. The lowest BCUT2D eigenvalue weighted by Crippen LogP contribution is -2.27. The van der Waals surface area contributed by atoms with Crippen molar-refractivity contribution in [2.24, 2.45) is 0 Å². The molecule has 0 saturated carbocycles. The Morgan fingerprint density at radius 1 is 1.16 bits per heavy atom. The number of methoxy groups -OCH3 is 1. The minimum Gasteiger partial charge on any atom is -0.497 e. The topological polar surface area (TPSA) is 67.6 Å². The third-order valence-corrected chi connectivity index (χ3v) is 5.98. The van der Waals surface area contributed by atoms with Gasteiger partial charge in [0.05, 0.1) is 12.8 Å². The van der Waals surface area contributed by atoms with Gasteiger partial charge in [-0.3, -0.25) is 0 Å². The fourth-order valence-electron chi connectivity index (χ4n) is 4.23. The number of hydrogen-bond donors (Lipinski definition) is 1. The predicted molar refractivity (Wildman–Crippen MR) is 128 cm³/mol. The lowest BCUT2D eigenvalue weighted by atomic mass is 10.0. The van der Waals surface area contributed by atoms with Crippen molar-refractivity contribution < 1.29 is 4.74 Å². The first-order valence-corrected chi connectivity index (χ1v) is 10.8. The van der Waals surface area contributed by atoms with Crippen molar-refractivity contribution >= 4 is 28.7 Å². The van der Waals surface area contributed by atoms with Crippen LogP contribution in [0, 0.1) is 0 Å². The van der Waals surface area contributed by atoms with Crippen LogP contribution in [0.3, 0.4) is 0 Å². The molecule has 7 heteroatoms. The number of nitrogens with zero attached hydrogens (tertiary/aromatic N) is 5. The second kappa shape index (κ2) is 8.34. The van der Waals surface area contributed by atoms with Crippen LogP contribution >= 0.6 is 0 Å². The normalized spacial score (nSPS) is 15.8. The number of aromatic nitrogens is 4. The average molecular weight is 427 g/mol. The largest absolute Gasteiger partial charge is 0.497 e. The van der Waals surface area contributed by atoms with E-state index in [0.29, 0.717) is 11.8 Å². The monoisotopic (exact) mass is 426 g/mol. The summed E-state index contributed by atoms with van der Waals surface area (Å²) in [6.45, 7) is 7.27. The lowest BCUT2D eigenvalue weighted by molar-refractivity contribution is 0.371. The number of anilines is 3. The summed E-state index contributed by atoms with van der Waals surface area (Å²) < 4.78 is 7.08. The van der Waals surface area contributed by atoms with E-state index in [-0.39, 0.29) is 0 Å². The SMILES string of the molecule is C=C(OC)c1cccc(-c2cc(Nc3cccc(N4CCCC4C)n3)c3ncnn3c2)c1. The van der Waals surface area contributed by atoms with Crippen molar-refractivity contribution in [2.45, 2.75) is 25.8 Å². The van der Waals surface area contributed by atoms with E-state index in [9.17, 15) is 0 Å². The zero-order valence-corrected chi connectivity index (χ0v) is 18.3. The Morgan fingerprint density at radius 3 is 2.84 bits per heavy atom. The molecule has 1 fully saturated rings. The highest BCUT2D eigenvalue weighted by molar-refractivity contribution is 5.80. The predicted octanol–water partition coefficient (Wildman–Crippen LogP) is 5.14. The average Bonchev–Trinajstić information content (AvgIpc) is 3.47. The first-order chi connectivity index (χ1) is 15.6. The molecule has 0 spiro atoms. The molecule has 1 aliphatic heterocycles. The van der Waals surface area contributed by atoms with Gasteiger partial charge < -0.3 is 15.0 Å². The Hall–Kier alpha value is -3.87. The van der Waals surface area contributed by atoms with Crippen molar-refractivity contribution in [1.82, 2.24) is 19.6 Å². The fraction of sp³-hybridized carbons (Fsp3) is 0.240. The lowest BCUT2D eigenvalue weighted by Gasteiger charge is -2.23. The number of ether oxygens (including phenoxy) is 1. The maximum absolute atomic E-state index is 5.30. The summed E-state index contributed by atoms with van der Waals surface area (Å²) in [7, 11) is 1.63. The summed E-state index contributed by atoms with van der Waals surface area (Å²) in [5, 5.41) is 7.83. The first kappa shape index (κ1) is 20.1. The van der Waals surface area contributed by atoms with Crippen molar-refractivity contribution in [2.75, 3.05) is 23.9 Å². The number of benzene rings is 1. The molecule has 0 bridgehead atoms. The Labute approximate surface area is 187 Å². The molecule has 0 amide bonds. The van der Waals surface area contributed by atoms with Gasteiger partial charge in [0.25, 0.3) is 0 Å². The highest BCUT2D eigenvalue weighted by Gasteiger charge is 2.21. The van der Waals surface area contributed by atoms with Crippen LogP contribution in [0.1, 0.15) is 25.3 Å². The smallest absolute Gasteiger partial charge is 0.178 e. The molecule has 5 rings (SSSR count). The number of pyridine rings is 2. The van der Waals surface area contributed by atoms with Crippen LogP contribution in [-0.4, -0.2) is 39.3 Å². The number of nitrogens with one attached hydrogen (secondary N) is 1. The van der Waals surface area contributed by atoms with Crippen LogP contribution < -0.4 is 10.2 Å². The van der Waals surface area contributed by atoms with Crippen molar-refractivity contribution in [3.05, 3.63) is 73.2 Å². The minimum absolute atomic E-state index is 0.512. The standard InChI is InChI=1S/C25H26N6O/c1-17-7-6-12-30(17)24-11-5-10-23(29-24)28-22-14-21(15-31-25(22)26-16-27-31)20-9-4-8-19(13-20)18(2)32-3/h4-5,8-11,13-17H,2,6-7,12H2,1,3H3,(H,28,29). The van der Waals surface area contributed by atoms with E-state index < -0.39 is 0 Å².